The maximum atomic E-state index is 12.8. The van der Waals surface area contributed by atoms with Crippen molar-refractivity contribution in [3.63, 3.8) is 0 Å². The van der Waals surface area contributed by atoms with Crippen molar-refractivity contribution >= 4 is 22.8 Å². The molecule has 0 spiro atoms. The molecular formula is C23H27N3O4. The second-order valence-electron chi connectivity index (χ2n) is 7.63. The SMILES string of the molecule is CCOc1ccc(C(=O)COC(=O)c2cc(C(C)C)nc3c2cnn3C(C)C)cc1. The highest BCUT2D eigenvalue weighted by Gasteiger charge is 2.21. The summed E-state index contributed by atoms with van der Waals surface area (Å²) in [6, 6.07) is 8.59. The van der Waals surface area contributed by atoms with Gasteiger partial charge in [-0.05, 0) is 57.0 Å². The molecule has 0 saturated carbocycles. The van der Waals surface area contributed by atoms with Gasteiger partial charge in [-0.3, -0.25) is 4.79 Å². The monoisotopic (exact) mass is 409 g/mol. The molecular weight excluding hydrogens is 382 g/mol. The van der Waals surface area contributed by atoms with Gasteiger partial charge in [-0.1, -0.05) is 13.8 Å². The number of pyridine rings is 1. The molecule has 3 rings (SSSR count). The van der Waals surface area contributed by atoms with Crippen molar-refractivity contribution in [1.29, 1.82) is 0 Å². The number of carbonyl (C=O) groups is 2. The zero-order chi connectivity index (χ0) is 21.8. The zero-order valence-electron chi connectivity index (χ0n) is 18.0. The molecule has 2 aromatic heterocycles. The molecule has 0 unspecified atom stereocenters. The van der Waals surface area contributed by atoms with Crippen LogP contribution in [0.2, 0.25) is 0 Å². The van der Waals surface area contributed by atoms with Gasteiger partial charge in [-0.15, -0.1) is 0 Å². The van der Waals surface area contributed by atoms with E-state index in [1.165, 1.54) is 0 Å². The highest BCUT2D eigenvalue weighted by molar-refractivity contribution is 6.04. The van der Waals surface area contributed by atoms with E-state index in [9.17, 15) is 9.59 Å². The first-order valence-electron chi connectivity index (χ1n) is 10.1. The van der Waals surface area contributed by atoms with E-state index in [0.29, 0.717) is 34.5 Å². The fourth-order valence-electron chi connectivity index (χ4n) is 3.08. The average Bonchev–Trinajstić information content (AvgIpc) is 3.16. The van der Waals surface area contributed by atoms with E-state index in [0.717, 1.165) is 5.69 Å². The number of ketones is 1. The predicted octanol–water partition coefficient (Wildman–Crippen LogP) is 4.57. The number of esters is 1. The maximum Gasteiger partial charge on any atom is 0.339 e. The van der Waals surface area contributed by atoms with Crippen LogP contribution in [0.3, 0.4) is 0 Å². The summed E-state index contributed by atoms with van der Waals surface area (Å²) in [5.41, 5.74) is 2.24. The van der Waals surface area contributed by atoms with E-state index >= 15 is 0 Å². The van der Waals surface area contributed by atoms with Crippen LogP contribution in [0.25, 0.3) is 11.0 Å². The van der Waals surface area contributed by atoms with Crippen LogP contribution in [-0.2, 0) is 4.74 Å². The third-order valence-corrected chi connectivity index (χ3v) is 4.71. The van der Waals surface area contributed by atoms with Crippen molar-refractivity contribution in [2.45, 2.75) is 46.6 Å². The number of Topliss-reactive ketones (excluding diaryl/α,β-unsaturated/α-hetero) is 1. The van der Waals surface area contributed by atoms with Gasteiger partial charge in [-0.2, -0.15) is 5.10 Å². The summed E-state index contributed by atoms with van der Waals surface area (Å²) in [5.74, 6) is -0.0268. The second-order valence-corrected chi connectivity index (χ2v) is 7.63. The lowest BCUT2D eigenvalue weighted by atomic mass is 10.1. The van der Waals surface area contributed by atoms with E-state index in [-0.39, 0.29) is 24.3 Å². The first-order valence-corrected chi connectivity index (χ1v) is 10.1. The Balaban J connectivity index is 1.81. The van der Waals surface area contributed by atoms with Gasteiger partial charge in [0.2, 0.25) is 0 Å². The van der Waals surface area contributed by atoms with Crippen LogP contribution >= 0.6 is 0 Å². The van der Waals surface area contributed by atoms with Crippen LogP contribution in [0.5, 0.6) is 5.75 Å². The molecule has 0 aliphatic heterocycles. The fraction of sp³-hybridized carbons (Fsp3) is 0.391. The summed E-state index contributed by atoms with van der Waals surface area (Å²) in [5, 5.41) is 4.99. The van der Waals surface area contributed by atoms with Crippen molar-refractivity contribution < 1.29 is 19.1 Å². The van der Waals surface area contributed by atoms with Gasteiger partial charge in [0.1, 0.15) is 5.75 Å². The average molecular weight is 409 g/mol. The Morgan fingerprint density at radius 2 is 1.80 bits per heavy atom. The van der Waals surface area contributed by atoms with Crippen molar-refractivity contribution in [2.75, 3.05) is 13.2 Å². The predicted molar refractivity (Wildman–Crippen MR) is 114 cm³/mol. The van der Waals surface area contributed by atoms with Gasteiger partial charge in [0, 0.05) is 17.3 Å². The summed E-state index contributed by atoms with van der Waals surface area (Å²) >= 11 is 0. The minimum absolute atomic E-state index is 0.0996. The van der Waals surface area contributed by atoms with Gasteiger partial charge in [0.15, 0.2) is 18.0 Å². The zero-order valence-corrected chi connectivity index (χ0v) is 18.0. The van der Waals surface area contributed by atoms with Crippen molar-refractivity contribution in [3.8, 4) is 5.75 Å². The smallest absolute Gasteiger partial charge is 0.339 e. The molecule has 0 fully saturated rings. The maximum absolute atomic E-state index is 12.8. The van der Waals surface area contributed by atoms with Gasteiger partial charge < -0.3 is 9.47 Å². The summed E-state index contributed by atoms with van der Waals surface area (Å²) in [7, 11) is 0. The first kappa shape index (κ1) is 21.5. The number of rotatable bonds is 8. The summed E-state index contributed by atoms with van der Waals surface area (Å²) < 4.78 is 12.5. The lowest BCUT2D eigenvalue weighted by molar-refractivity contribution is 0.0476. The number of aromatic nitrogens is 3. The van der Waals surface area contributed by atoms with Crippen LogP contribution in [0, 0.1) is 0 Å². The molecule has 0 aliphatic rings. The van der Waals surface area contributed by atoms with Gasteiger partial charge in [0.05, 0.1) is 23.8 Å². The van der Waals surface area contributed by atoms with Crippen LogP contribution < -0.4 is 4.74 Å². The highest BCUT2D eigenvalue weighted by Crippen LogP contribution is 2.25. The number of carbonyl (C=O) groups excluding carboxylic acids is 2. The topological polar surface area (TPSA) is 83.3 Å². The quantitative estimate of drug-likeness (QED) is 0.400. The molecule has 0 bridgehead atoms. The Kier molecular flexibility index (Phi) is 6.50. The first-order chi connectivity index (χ1) is 14.3. The van der Waals surface area contributed by atoms with Crippen molar-refractivity contribution in [1.82, 2.24) is 14.8 Å². The molecule has 0 radical (unpaired) electrons. The largest absolute Gasteiger partial charge is 0.494 e. The number of fused-ring (bicyclic) bond motifs is 1. The Hall–Kier alpha value is -3.22. The number of benzene rings is 1. The molecule has 30 heavy (non-hydrogen) atoms. The van der Waals surface area contributed by atoms with Gasteiger partial charge in [-0.25, -0.2) is 14.5 Å². The van der Waals surface area contributed by atoms with E-state index in [2.05, 4.69) is 10.1 Å². The minimum atomic E-state index is -0.563. The molecule has 7 nitrogen and oxygen atoms in total. The number of nitrogens with zero attached hydrogens (tertiary/aromatic N) is 3. The fourth-order valence-corrected chi connectivity index (χ4v) is 3.08. The Bertz CT molecular complexity index is 1050. The molecule has 0 aliphatic carbocycles. The Morgan fingerprint density at radius 1 is 1.10 bits per heavy atom. The van der Waals surface area contributed by atoms with E-state index in [4.69, 9.17) is 9.47 Å². The highest BCUT2D eigenvalue weighted by atomic mass is 16.5. The van der Waals surface area contributed by atoms with E-state index in [1.54, 1.807) is 41.2 Å². The van der Waals surface area contributed by atoms with Crippen LogP contribution in [0.4, 0.5) is 0 Å². The van der Waals surface area contributed by atoms with Crippen molar-refractivity contribution in [2.24, 2.45) is 0 Å². The van der Waals surface area contributed by atoms with Crippen LogP contribution in [-0.4, -0.2) is 39.7 Å². The Labute approximate surface area is 176 Å². The van der Waals surface area contributed by atoms with E-state index in [1.807, 2.05) is 34.6 Å². The summed E-state index contributed by atoms with van der Waals surface area (Å²) in [4.78, 5) is 29.9. The molecule has 7 heteroatoms. The second kappa shape index (κ2) is 9.07. The molecule has 0 N–H and O–H groups in total. The lowest BCUT2D eigenvalue weighted by Crippen LogP contribution is -2.15. The van der Waals surface area contributed by atoms with Crippen molar-refractivity contribution in [3.05, 3.63) is 53.3 Å². The number of ether oxygens (including phenoxy) is 2. The number of hydrogen-bond acceptors (Lipinski definition) is 6. The minimum Gasteiger partial charge on any atom is -0.494 e. The molecule has 158 valence electrons. The van der Waals surface area contributed by atoms with Gasteiger partial charge in [0.25, 0.3) is 0 Å². The van der Waals surface area contributed by atoms with Gasteiger partial charge >= 0.3 is 5.97 Å². The molecule has 1 aromatic carbocycles. The standard InChI is InChI=1S/C23H27N3O4/c1-6-29-17-9-7-16(8-10-17)21(27)13-30-23(28)18-11-20(14(2)3)25-22-19(18)12-24-26(22)15(4)5/h7-12,14-15H,6,13H2,1-5H3. The third-order valence-electron chi connectivity index (χ3n) is 4.71. The molecule has 0 amide bonds. The molecule has 3 aromatic rings. The van der Waals surface area contributed by atoms with Crippen LogP contribution in [0.15, 0.2) is 36.5 Å². The third kappa shape index (κ3) is 4.50. The lowest BCUT2D eigenvalue weighted by Gasteiger charge is -2.12. The van der Waals surface area contributed by atoms with E-state index < -0.39 is 5.97 Å². The molecule has 2 heterocycles. The summed E-state index contributed by atoms with van der Waals surface area (Å²) in [6.45, 7) is 10.1. The summed E-state index contributed by atoms with van der Waals surface area (Å²) in [6.07, 6.45) is 1.62. The van der Waals surface area contributed by atoms with Crippen LogP contribution in [0.1, 0.15) is 73.0 Å². The molecule has 0 saturated heterocycles. The molecule has 0 atom stereocenters. The number of hydrogen-bond donors (Lipinski definition) is 0. The Morgan fingerprint density at radius 3 is 2.40 bits per heavy atom. The normalized spacial score (nSPS) is 11.3.